The average molecular weight is 384 g/mol. The summed E-state index contributed by atoms with van der Waals surface area (Å²) in [5.74, 6) is -0.758. The summed E-state index contributed by atoms with van der Waals surface area (Å²) in [6.45, 7) is 1.24. The minimum Gasteiger partial charge on any atom is -0.328 e. The Morgan fingerprint density at radius 2 is 2.04 bits per heavy atom. The lowest BCUT2D eigenvalue weighted by Crippen LogP contribution is -2.52. The van der Waals surface area contributed by atoms with E-state index in [4.69, 9.17) is 5.73 Å². The molecule has 3 atom stereocenters. The zero-order valence-electron chi connectivity index (χ0n) is 16.3. The first-order valence-corrected chi connectivity index (χ1v) is 10.1. The number of hydrogen-bond acceptors (Lipinski definition) is 5. The van der Waals surface area contributed by atoms with Crippen LogP contribution >= 0.6 is 0 Å². The van der Waals surface area contributed by atoms with Crippen molar-refractivity contribution in [1.82, 2.24) is 15.1 Å². The van der Waals surface area contributed by atoms with E-state index in [9.17, 15) is 14.4 Å². The van der Waals surface area contributed by atoms with E-state index < -0.39 is 6.04 Å². The van der Waals surface area contributed by atoms with Gasteiger partial charge in [-0.3, -0.25) is 24.6 Å². The van der Waals surface area contributed by atoms with Gasteiger partial charge in [-0.05, 0) is 49.9 Å². The molecule has 0 aromatic heterocycles. The first-order chi connectivity index (χ1) is 13.4. The van der Waals surface area contributed by atoms with Crippen molar-refractivity contribution in [3.05, 3.63) is 34.9 Å². The van der Waals surface area contributed by atoms with Gasteiger partial charge < -0.3 is 10.6 Å². The van der Waals surface area contributed by atoms with Gasteiger partial charge in [-0.25, -0.2) is 0 Å². The second kappa shape index (κ2) is 7.64. The van der Waals surface area contributed by atoms with Crippen LogP contribution < -0.4 is 11.1 Å². The lowest BCUT2D eigenvalue weighted by molar-refractivity contribution is -0.136. The zero-order chi connectivity index (χ0) is 19.8. The van der Waals surface area contributed by atoms with E-state index in [1.54, 1.807) is 4.90 Å². The van der Waals surface area contributed by atoms with Gasteiger partial charge >= 0.3 is 0 Å². The largest absolute Gasteiger partial charge is 0.328 e. The molecule has 2 aliphatic heterocycles. The monoisotopic (exact) mass is 384 g/mol. The van der Waals surface area contributed by atoms with Crippen LogP contribution in [-0.2, 0) is 22.7 Å². The van der Waals surface area contributed by atoms with Crippen LogP contribution in [0.5, 0.6) is 0 Å². The van der Waals surface area contributed by atoms with E-state index in [0.717, 1.165) is 24.9 Å². The Hall–Kier alpha value is -2.25. The van der Waals surface area contributed by atoms with E-state index in [1.807, 2.05) is 12.1 Å². The molecule has 2 fully saturated rings. The number of piperidine rings is 1. The molecule has 3 N–H and O–H groups in total. The Labute approximate surface area is 165 Å². The van der Waals surface area contributed by atoms with Gasteiger partial charge in [-0.1, -0.05) is 18.6 Å². The van der Waals surface area contributed by atoms with Crippen LogP contribution in [0.3, 0.4) is 0 Å². The first kappa shape index (κ1) is 19.1. The van der Waals surface area contributed by atoms with Gasteiger partial charge in [0.2, 0.25) is 11.8 Å². The number of hydrogen-bond donors (Lipinski definition) is 2. The summed E-state index contributed by atoms with van der Waals surface area (Å²) in [7, 11) is 2.14. The van der Waals surface area contributed by atoms with Gasteiger partial charge in [-0.2, -0.15) is 0 Å². The van der Waals surface area contributed by atoms with E-state index in [0.29, 0.717) is 30.6 Å². The molecule has 3 aliphatic rings. The highest BCUT2D eigenvalue weighted by molar-refractivity contribution is 6.05. The fraction of sp³-hybridized carbons (Fsp3) is 0.571. The Morgan fingerprint density at radius 1 is 1.21 bits per heavy atom. The van der Waals surface area contributed by atoms with Crippen molar-refractivity contribution in [3.8, 4) is 0 Å². The minimum absolute atomic E-state index is 0.123. The van der Waals surface area contributed by atoms with Crippen LogP contribution in [0.2, 0.25) is 0 Å². The van der Waals surface area contributed by atoms with Crippen molar-refractivity contribution in [2.45, 2.75) is 69.7 Å². The summed E-state index contributed by atoms with van der Waals surface area (Å²) < 4.78 is 0. The molecule has 0 radical (unpaired) electrons. The number of fused-ring (bicyclic) bond motifs is 1. The molecule has 0 spiro atoms. The first-order valence-electron chi connectivity index (χ1n) is 10.1. The minimum atomic E-state index is -0.563. The normalized spacial score (nSPS) is 27.9. The van der Waals surface area contributed by atoms with Gasteiger partial charge in [0.15, 0.2) is 0 Å². The van der Waals surface area contributed by atoms with Crippen molar-refractivity contribution in [3.63, 3.8) is 0 Å². The molecule has 0 bridgehead atoms. The van der Waals surface area contributed by atoms with Crippen molar-refractivity contribution >= 4 is 17.7 Å². The van der Waals surface area contributed by atoms with E-state index >= 15 is 0 Å². The van der Waals surface area contributed by atoms with Crippen LogP contribution in [0.4, 0.5) is 0 Å². The molecule has 3 unspecified atom stereocenters. The van der Waals surface area contributed by atoms with Crippen LogP contribution in [0.1, 0.15) is 60.0 Å². The predicted octanol–water partition coefficient (Wildman–Crippen LogP) is 1.15. The summed E-state index contributed by atoms with van der Waals surface area (Å²) in [5.41, 5.74) is 8.92. The van der Waals surface area contributed by atoms with E-state index in [2.05, 4.69) is 23.3 Å². The highest BCUT2D eigenvalue weighted by atomic mass is 16.2. The van der Waals surface area contributed by atoms with Gasteiger partial charge in [0.25, 0.3) is 5.91 Å². The van der Waals surface area contributed by atoms with Crippen molar-refractivity contribution in [2.24, 2.45) is 5.73 Å². The lowest BCUT2D eigenvalue weighted by Gasteiger charge is -2.34. The molecule has 2 heterocycles. The maximum absolute atomic E-state index is 12.8. The molecule has 7 heteroatoms. The highest BCUT2D eigenvalue weighted by Crippen LogP contribution is 2.29. The highest BCUT2D eigenvalue weighted by Gasteiger charge is 2.39. The van der Waals surface area contributed by atoms with Crippen molar-refractivity contribution in [2.75, 3.05) is 7.05 Å². The fourth-order valence-corrected chi connectivity index (χ4v) is 4.74. The number of carbonyl (C=O) groups is 3. The van der Waals surface area contributed by atoms with Gasteiger partial charge in [0, 0.05) is 37.2 Å². The maximum Gasteiger partial charge on any atom is 0.255 e. The second-order valence-electron chi connectivity index (χ2n) is 8.39. The Kier molecular flexibility index (Phi) is 5.21. The topological polar surface area (TPSA) is 95.7 Å². The maximum atomic E-state index is 12.8. The summed E-state index contributed by atoms with van der Waals surface area (Å²) in [5, 5.41) is 2.34. The summed E-state index contributed by atoms with van der Waals surface area (Å²) in [4.78, 5) is 40.3. The quantitative estimate of drug-likeness (QED) is 0.759. The number of nitrogens with zero attached hydrogens (tertiary/aromatic N) is 2. The third kappa shape index (κ3) is 3.69. The number of nitrogens with two attached hydrogens (primary N) is 1. The summed E-state index contributed by atoms with van der Waals surface area (Å²) in [6.07, 6.45) is 5.16. The SMILES string of the molecule is CN(Cc1ccc2c(c1)CN(C1CCC(=O)NC1=O)C2=O)C1CCCC(N)C1. The van der Waals surface area contributed by atoms with Gasteiger partial charge in [0.05, 0.1) is 0 Å². The Bertz CT molecular complexity index is 809. The number of imide groups is 1. The number of benzene rings is 1. The summed E-state index contributed by atoms with van der Waals surface area (Å²) in [6, 6.07) is 6.19. The third-order valence-electron chi connectivity index (χ3n) is 6.33. The molecule has 1 aromatic carbocycles. The molecule has 150 valence electrons. The number of amides is 3. The van der Waals surface area contributed by atoms with Crippen molar-refractivity contribution < 1.29 is 14.4 Å². The van der Waals surface area contributed by atoms with E-state index in [-0.39, 0.29) is 24.1 Å². The molecule has 1 saturated carbocycles. The third-order valence-corrected chi connectivity index (χ3v) is 6.33. The molecule has 1 saturated heterocycles. The Morgan fingerprint density at radius 3 is 2.79 bits per heavy atom. The smallest absolute Gasteiger partial charge is 0.255 e. The fourth-order valence-electron chi connectivity index (χ4n) is 4.74. The molecule has 4 rings (SSSR count). The lowest BCUT2D eigenvalue weighted by atomic mass is 9.90. The van der Waals surface area contributed by atoms with E-state index in [1.165, 1.54) is 18.4 Å². The van der Waals surface area contributed by atoms with Crippen molar-refractivity contribution in [1.29, 1.82) is 0 Å². The molecule has 1 aliphatic carbocycles. The molecule has 1 aromatic rings. The Balaban J connectivity index is 1.45. The van der Waals surface area contributed by atoms with Gasteiger partial charge in [0.1, 0.15) is 6.04 Å². The van der Waals surface area contributed by atoms with Crippen LogP contribution in [-0.4, -0.2) is 52.7 Å². The van der Waals surface area contributed by atoms with Crippen LogP contribution in [0, 0.1) is 0 Å². The van der Waals surface area contributed by atoms with Gasteiger partial charge in [-0.15, -0.1) is 0 Å². The second-order valence-corrected chi connectivity index (χ2v) is 8.39. The predicted molar refractivity (Wildman–Crippen MR) is 104 cm³/mol. The average Bonchev–Trinajstić information content (AvgIpc) is 2.97. The summed E-state index contributed by atoms with van der Waals surface area (Å²) >= 11 is 0. The van der Waals surface area contributed by atoms with Crippen LogP contribution in [0.15, 0.2) is 18.2 Å². The standard InChI is InChI=1S/C21H28N4O3/c1-24(16-4-2-3-15(22)10-16)11-13-5-6-17-14(9-13)12-25(21(17)28)18-7-8-19(26)23-20(18)27/h5-6,9,15-16,18H,2-4,7-8,10-12,22H2,1H3,(H,23,26,27). The number of rotatable bonds is 4. The zero-order valence-corrected chi connectivity index (χ0v) is 16.3. The van der Waals surface area contributed by atoms with Crippen LogP contribution in [0.25, 0.3) is 0 Å². The number of carbonyl (C=O) groups excluding carboxylic acids is 3. The molecular formula is C21H28N4O3. The number of nitrogens with one attached hydrogen (secondary N) is 1. The molecule has 3 amide bonds. The molecular weight excluding hydrogens is 356 g/mol. The molecule has 28 heavy (non-hydrogen) atoms. The molecule has 7 nitrogen and oxygen atoms in total.